The van der Waals surface area contributed by atoms with E-state index in [2.05, 4.69) is 4.72 Å². The first-order valence-corrected chi connectivity index (χ1v) is 8.62. The predicted octanol–water partition coefficient (Wildman–Crippen LogP) is 2.07. The zero-order valence-corrected chi connectivity index (χ0v) is 12.8. The first-order chi connectivity index (χ1) is 9.54. The van der Waals surface area contributed by atoms with E-state index in [1.165, 1.54) is 0 Å². The molecule has 4 nitrogen and oxygen atoms in total. The third-order valence-electron chi connectivity index (χ3n) is 3.10. The summed E-state index contributed by atoms with van der Waals surface area (Å²) in [5.74, 6) is 0. The molecule has 0 amide bonds. The first-order valence-electron chi connectivity index (χ1n) is 6.26. The summed E-state index contributed by atoms with van der Waals surface area (Å²) >= 11 is 1.61. The molecule has 0 unspecified atom stereocenters. The van der Waals surface area contributed by atoms with Gasteiger partial charge in [-0.2, -0.15) is 0 Å². The van der Waals surface area contributed by atoms with Crippen molar-refractivity contribution in [2.45, 2.75) is 24.8 Å². The second kappa shape index (κ2) is 6.49. The van der Waals surface area contributed by atoms with Gasteiger partial charge in [0.25, 0.3) is 0 Å². The minimum Gasteiger partial charge on any atom is -0.392 e. The summed E-state index contributed by atoms with van der Waals surface area (Å²) in [5, 5.41) is 11.2. The molecule has 0 bridgehead atoms. The van der Waals surface area contributed by atoms with Gasteiger partial charge in [0, 0.05) is 11.4 Å². The molecule has 2 rings (SSSR count). The molecule has 0 atom stereocenters. The van der Waals surface area contributed by atoms with Crippen molar-refractivity contribution in [3.05, 3.63) is 51.7 Å². The molecule has 0 aliphatic carbocycles. The summed E-state index contributed by atoms with van der Waals surface area (Å²) < 4.78 is 27.1. The molecule has 2 N–H and O–H groups in total. The Bertz CT molecular complexity index is 664. The van der Waals surface area contributed by atoms with Gasteiger partial charge in [-0.25, -0.2) is 13.1 Å². The fourth-order valence-corrected chi connectivity index (χ4v) is 3.99. The molecule has 0 radical (unpaired) electrons. The van der Waals surface area contributed by atoms with Gasteiger partial charge in [-0.1, -0.05) is 18.2 Å². The first kappa shape index (κ1) is 15.2. The number of thiophene rings is 1. The Labute approximate surface area is 123 Å². The van der Waals surface area contributed by atoms with Gasteiger partial charge in [-0.3, -0.25) is 0 Å². The van der Waals surface area contributed by atoms with Crippen LogP contribution in [-0.2, 0) is 23.1 Å². The van der Waals surface area contributed by atoms with Crippen LogP contribution in [0.2, 0.25) is 0 Å². The van der Waals surface area contributed by atoms with E-state index in [4.69, 9.17) is 0 Å². The highest BCUT2D eigenvalue weighted by molar-refractivity contribution is 7.89. The lowest BCUT2D eigenvalue weighted by molar-refractivity contribution is 0.280. The van der Waals surface area contributed by atoms with Gasteiger partial charge in [-0.15, -0.1) is 11.3 Å². The molecule has 6 heteroatoms. The molecule has 0 saturated heterocycles. The maximum Gasteiger partial charge on any atom is 0.240 e. The lowest BCUT2D eigenvalue weighted by atomic mass is 10.1. The molecular formula is C14H17NO3S2. The molecule has 1 heterocycles. The number of nitrogens with one attached hydrogen (secondary N) is 1. The minimum atomic E-state index is -3.53. The molecule has 1 aromatic heterocycles. The van der Waals surface area contributed by atoms with Crippen LogP contribution in [0.4, 0.5) is 0 Å². The maximum atomic E-state index is 12.3. The number of aliphatic hydroxyl groups excluding tert-OH is 1. The van der Waals surface area contributed by atoms with Gasteiger partial charge in [0.1, 0.15) is 0 Å². The van der Waals surface area contributed by atoms with Crippen molar-refractivity contribution < 1.29 is 13.5 Å². The number of aliphatic hydroxyl groups is 1. The van der Waals surface area contributed by atoms with Gasteiger partial charge in [-0.05, 0) is 42.0 Å². The second-order valence-electron chi connectivity index (χ2n) is 4.43. The van der Waals surface area contributed by atoms with E-state index < -0.39 is 10.0 Å². The SMILES string of the molecule is Cc1c(CO)cccc1S(=O)(=O)NCCc1cccs1. The number of rotatable bonds is 6. The lowest BCUT2D eigenvalue weighted by Crippen LogP contribution is -2.26. The van der Waals surface area contributed by atoms with Crippen molar-refractivity contribution in [2.75, 3.05) is 6.54 Å². The van der Waals surface area contributed by atoms with E-state index in [9.17, 15) is 13.5 Å². The highest BCUT2D eigenvalue weighted by Crippen LogP contribution is 2.19. The van der Waals surface area contributed by atoms with E-state index in [1.54, 1.807) is 36.5 Å². The van der Waals surface area contributed by atoms with Crippen molar-refractivity contribution in [3.8, 4) is 0 Å². The number of hydrogen-bond acceptors (Lipinski definition) is 4. The molecular weight excluding hydrogens is 294 g/mol. The summed E-state index contributed by atoms with van der Waals surface area (Å²) in [6.07, 6.45) is 0.676. The van der Waals surface area contributed by atoms with Crippen molar-refractivity contribution in [1.29, 1.82) is 0 Å². The fraction of sp³-hybridized carbons (Fsp3) is 0.286. The van der Waals surface area contributed by atoms with Crippen molar-refractivity contribution in [2.24, 2.45) is 0 Å². The Hall–Kier alpha value is -1.21. The number of hydrogen-bond donors (Lipinski definition) is 2. The van der Waals surface area contributed by atoms with Crippen LogP contribution in [0.1, 0.15) is 16.0 Å². The maximum absolute atomic E-state index is 12.3. The quantitative estimate of drug-likeness (QED) is 0.858. The molecule has 0 aliphatic rings. The Morgan fingerprint density at radius 1 is 1.25 bits per heavy atom. The Morgan fingerprint density at radius 3 is 2.70 bits per heavy atom. The van der Waals surface area contributed by atoms with E-state index in [1.807, 2.05) is 17.5 Å². The lowest BCUT2D eigenvalue weighted by Gasteiger charge is -2.11. The number of sulfonamides is 1. The van der Waals surface area contributed by atoms with Gasteiger partial charge >= 0.3 is 0 Å². The summed E-state index contributed by atoms with van der Waals surface area (Å²) in [4.78, 5) is 1.38. The summed E-state index contributed by atoms with van der Waals surface area (Å²) in [6.45, 7) is 1.91. The monoisotopic (exact) mass is 311 g/mol. The number of benzene rings is 1. The predicted molar refractivity (Wildman–Crippen MR) is 80.3 cm³/mol. The summed E-state index contributed by atoms with van der Waals surface area (Å²) in [6, 6.07) is 8.86. The topological polar surface area (TPSA) is 66.4 Å². The second-order valence-corrected chi connectivity index (χ2v) is 7.19. The summed E-state index contributed by atoms with van der Waals surface area (Å²) in [5.41, 5.74) is 1.23. The van der Waals surface area contributed by atoms with E-state index >= 15 is 0 Å². The van der Waals surface area contributed by atoms with Crippen LogP contribution in [0, 0.1) is 6.92 Å². The Morgan fingerprint density at radius 2 is 2.05 bits per heavy atom. The molecule has 0 spiro atoms. The van der Waals surface area contributed by atoms with Crippen LogP contribution < -0.4 is 4.72 Å². The van der Waals surface area contributed by atoms with Crippen LogP contribution in [0.15, 0.2) is 40.6 Å². The third kappa shape index (κ3) is 3.46. The fourth-order valence-electron chi connectivity index (χ4n) is 1.96. The third-order valence-corrected chi connectivity index (χ3v) is 5.64. The van der Waals surface area contributed by atoms with Crippen molar-refractivity contribution >= 4 is 21.4 Å². The smallest absolute Gasteiger partial charge is 0.240 e. The van der Waals surface area contributed by atoms with Gasteiger partial charge in [0.05, 0.1) is 11.5 Å². The standard InChI is InChI=1S/C14H17NO3S2/c1-11-12(10-16)4-2-6-14(11)20(17,18)15-8-7-13-5-3-9-19-13/h2-6,9,15-16H,7-8,10H2,1H3. The van der Waals surface area contributed by atoms with Crippen LogP contribution in [0.3, 0.4) is 0 Å². The van der Waals surface area contributed by atoms with Crippen LogP contribution >= 0.6 is 11.3 Å². The Kier molecular flexibility index (Phi) is 4.93. The molecule has 108 valence electrons. The largest absolute Gasteiger partial charge is 0.392 e. The molecule has 0 saturated carbocycles. The normalized spacial score (nSPS) is 11.7. The van der Waals surface area contributed by atoms with Crippen molar-refractivity contribution in [1.82, 2.24) is 4.72 Å². The highest BCUT2D eigenvalue weighted by atomic mass is 32.2. The molecule has 20 heavy (non-hydrogen) atoms. The molecule has 0 fully saturated rings. The van der Waals surface area contributed by atoms with Gasteiger partial charge in [0.15, 0.2) is 0 Å². The zero-order valence-electron chi connectivity index (χ0n) is 11.2. The van der Waals surface area contributed by atoms with Crippen molar-refractivity contribution in [3.63, 3.8) is 0 Å². The molecule has 1 aromatic carbocycles. The molecule has 2 aromatic rings. The highest BCUT2D eigenvalue weighted by Gasteiger charge is 2.17. The average Bonchev–Trinajstić information content (AvgIpc) is 2.91. The molecule has 0 aliphatic heterocycles. The zero-order chi connectivity index (χ0) is 14.6. The van der Waals surface area contributed by atoms with E-state index in [-0.39, 0.29) is 11.5 Å². The van der Waals surface area contributed by atoms with Crippen LogP contribution in [0.5, 0.6) is 0 Å². The van der Waals surface area contributed by atoms with Gasteiger partial charge in [0.2, 0.25) is 10.0 Å². The Balaban J connectivity index is 2.10. The van der Waals surface area contributed by atoms with E-state index in [0.717, 1.165) is 4.88 Å². The van der Waals surface area contributed by atoms with Gasteiger partial charge < -0.3 is 5.11 Å². The average molecular weight is 311 g/mol. The van der Waals surface area contributed by atoms with Crippen LogP contribution in [0.25, 0.3) is 0 Å². The minimum absolute atomic E-state index is 0.162. The van der Waals surface area contributed by atoms with Crippen LogP contribution in [-0.4, -0.2) is 20.1 Å². The van der Waals surface area contributed by atoms with E-state index in [0.29, 0.717) is 24.1 Å². The summed E-state index contributed by atoms with van der Waals surface area (Å²) in [7, 11) is -3.53.